The molecule has 0 radical (unpaired) electrons. The lowest BCUT2D eigenvalue weighted by Gasteiger charge is -2.61. The Bertz CT molecular complexity index is 1520. The van der Waals surface area contributed by atoms with Gasteiger partial charge in [0, 0.05) is 28.3 Å². The van der Waals surface area contributed by atoms with Gasteiger partial charge >= 0.3 is 0 Å². The van der Waals surface area contributed by atoms with E-state index >= 15 is 4.39 Å². The van der Waals surface area contributed by atoms with Crippen LogP contribution in [-0.4, -0.2) is 31.8 Å². The fourth-order valence-corrected chi connectivity index (χ4v) is 8.69. The highest BCUT2D eigenvalue weighted by atomic mass is 35.5. The number of rotatable bonds is 5. The molecule has 9 rings (SSSR count). The lowest BCUT2D eigenvalue weighted by Crippen LogP contribution is -2.59. The number of nitrogens with zero attached hydrogens (tertiary/aromatic N) is 3. The maximum Gasteiger partial charge on any atom is 0.295 e. The van der Waals surface area contributed by atoms with Gasteiger partial charge in [0.05, 0.1) is 30.4 Å². The number of aliphatic hydroxyl groups is 1. The van der Waals surface area contributed by atoms with Gasteiger partial charge in [-0.05, 0) is 79.9 Å². The molecular formula is C29H28ClFN4O2. The van der Waals surface area contributed by atoms with Gasteiger partial charge in [0.15, 0.2) is 5.58 Å². The summed E-state index contributed by atoms with van der Waals surface area (Å²) in [6, 6.07) is 11.3. The summed E-state index contributed by atoms with van der Waals surface area (Å²) in [5.41, 5.74) is 3.88. The molecule has 4 unspecified atom stereocenters. The number of benzene rings is 2. The minimum atomic E-state index is -0.501. The number of hydrogen-bond acceptors (Lipinski definition) is 5. The molecule has 4 fully saturated rings. The lowest BCUT2D eigenvalue weighted by atomic mass is 9.46. The quantitative estimate of drug-likeness (QED) is 0.318. The second-order valence-corrected chi connectivity index (χ2v) is 12.2. The summed E-state index contributed by atoms with van der Waals surface area (Å²) in [7, 11) is 0. The highest BCUT2D eigenvalue weighted by Gasteiger charge is 2.58. The number of halogens is 2. The van der Waals surface area contributed by atoms with Crippen LogP contribution in [0.15, 0.2) is 53.3 Å². The lowest BCUT2D eigenvalue weighted by molar-refractivity contribution is -0.129. The zero-order valence-corrected chi connectivity index (χ0v) is 21.0. The van der Waals surface area contributed by atoms with Crippen LogP contribution in [0.4, 0.5) is 10.4 Å². The van der Waals surface area contributed by atoms with E-state index in [1.807, 2.05) is 22.8 Å². The van der Waals surface area contributed by atoms with Crippen molar-refractivity contribution in [3.63, 3.8) is 0 Å². The molecule has 8 heteroatoms. The van der Waals surface area contributed by atoms with Crippen LogP contribution < -0.4 is 5.32 Å². The maximum atomic E-state index is 15.0. The molecule has 5 aliphatic rings. The number of imidazole rings is 1. The molecule has 37 heavy (non-hydrogen) atoms. The SMILES string of the molecule is OC(CC1c2c(F)cccc2-c2cncn21)C12CC3CC(C1)C(Nc1nc4ccc(Cl)cc4o1)C(C3)C2. The van der Waals surface area contributed by atoms with Gasteiger partial charge in [-0.15, -0.1) is 0 Å². The van der Waals surface area contributed by atoms with Gasteiger partial charge in [-0.25, -0.2) is 9.37 Å². The second-order valence-electron chi connectivity index (χ2n) is 11.8. The Labute approximate surface area is 218 Å². The van der Waals surface area contributed by atoms with Crippen LogP contribution >= 0.6 is 11.6 Å². The summed E-state index contributed by atoms with van der Waals surface area (Å²) in [4.78, 5) is 8.96. The number of fused-ring (bicyclic) bond motifs is 4. The molecule has 1 aliphatic heterocycles. The van der Waals surface area contributed by atoms with E-state index in [1.165, 1.54) is 18.9 Å². The first-order valence-electron chi connectivity index (χ1n) is 13.3. The molecule has 3 heterocycles. The Hall–Kier alpha value is -2.90. The predicted molar refractivity (Wildman–Crippen MR) is 139 cm³/mol. The van der Waals surface area contributed by atoms with E-state index in [2.05, 4.69) is 15.3 Å². The second kappa shape index (κ2) is 7.81. The van der Waals surface area contributed by atoms with E-state index in [-0.39, 0.29) is 23.3 Å². The van der Waals surface area contributed by atoms with E-state index < -0.39 is 6.10 Å². The molecule has 2 aromatic heterocycles. The average Bonchev–Trinajstić information content (AvgIpc) is 3.57. The first kappa shape index (κ1) is 22.1. The molecule has 0 spiro atoms. The van der Waals surface area contributed by atoms with Crippen LogP contribution in [0, 0.1) is 29.0 Å². The van der Waals surface area contributed by atoms with Crippen LogP contribution in [0.25, 0.3) is 22.4 Å². The van der Waals surface area contributed by atoms with Gasteiger partial charge in [-0.2, -0.15) is 4.98 Å². The molecule has 4 aliphatic carbocycles. The largest absolute Gasteiger partial charge is 0.423 e. The molecule has 0 saturated heterocycles. The molecular weight excluding hydrogens is 491 g/mol. The molecule has 2 N–H and O–H groups in total. The Morgan fingerprint density at radius 2 is 2.03 bits per heavy atom. The van der Waals surface area contributed by atoms with Crippen molar-refractivity contribution in [2.45, 2.75) is 56.7 Å². The molecule has 4 atom stereocenters. The smallest absolute Gasteiger partial charge is 0.295 e. The molecule has 4 saturated carbocycles. The van der Waals surface area contributed by atoms with Crippen molar-refractivity contribution in [1.82, 2.24) is 14.5 Å². The topological polar surface area (TPSA) is 76.1 Å². The van der Waals surface area contributed by atoms with Crippen molar-refractivity contribution in [2.24, 2.45) is 23.2 Å². The van der Waals surface area contributed by atoms with E-state index in [0.29, 0.717) is 46.4 Å². The third-order valence-corrected chi connectivity index (χ3v) is 10.0. The number of oxazole rings is 1. The van der Waals surface area contributed by atoms with Crippen molar-refractivity contribution in [2.75, 3.05) is 5.32 Å². The van der Waals surface area contributed by atoms with Crippen LogP contribution in [0.1, 0.15) is 50.1 Å². The van der Waals surface area contributed by atoms with E-state index in [9.17, 15) is 5.11 Å². The van der Waals surface area contributed by atoms with Crippen LogP contribution in [-0.2, 0) is 0 Å². The third kappa shape index (κ3) is 3.26. The van der Waals surface area contributed by atoms with E-state index in [1.54, 1.807) is 24.7 Å². The summed E-state index contributed by atoms with van der Waals surface area (Å²) < 4.78 is 23.0. The molecule has 190 valence electrons. The van der Waals surface area contributed by atoms with Crippen LogP contribution in [0.5, 0.6) is 0 Å². The Morgan fingerprint density at radius 3 is 2.86 bits per heavy atom. The zero-order chi connectivity index (χ0) is 24.9. The third-order valence-electron chi connectivity index (χ3n) is 9.78. The highest BCUT2D eigenvalue weighted by Crippen LogP contribution is 2.63. The zero-order valence-electron chi connectivity index (χ0n) is 20.3. The molecule has 2 aromatic carbocycles. The van der Waals surface area contributed by atoms with Crippen LogP contribution in [0.3, 0.4) is 0 Å². The average molecular weight is 519 g/mol. The predicted octanol–water partition coefficient (Wildman–Crippen LogP) is 6.44. The highest BCUT2D eigenvalue weighted by molar-refractivity contribution is 6.31. The van der Waals surface area contributed by atoms with Crippen molar-refractivity contribution in [3.05, 3.63) is 65.3 Å². The number of hydrogen-bond donors (Lipinski definition) is 2. The fraction of sp³-hybridized carbons (Fsp3) is 0.448. The number of aliphatic hydroxyl groups excluding tert-OH is 1. The summed E-state index contributed by atoms with van der Waals surface area (Å²) in [6.07, 6.45) is 8.92. The number of nitrogens with one attached hydrogen (secondary N) is 1. The van der Waals surface area contributed by atoms with Crippen molar-refractivity contribution in [1.29, 1.82) is 0 Å². The summed E-state index contributed by atoms with van der Waals surface area (Å²) in [5, 5.41) is 16.1. The van der Waals surface area contributed by atoms with Gasteiger partial charge in [-0.3, -0.25) is 0 Å². The van der Waals surface area contributed by atoms with Crippen molar-refractivity contribution >= 4 is 28.7 Å². The van der Waals surface area contributed by atoms with Crippen LogP contribution in [0.2, 0.25) is 5.02 Å². The summed E-state index contributed by atoms with van der Waals surface area (Å²) in [5.74, 6) is 1.34. The fourth-order valence-electron chi connectivity index (χ4n) is 8.53. The Kier molecular flexibility index (Phi) is 4.67. The van der Waals surface area contributed by atoms with Gasteiger partial charge in [-0.1, -0.05) is 23.7 Å². The van der Waals surface area contributed by atoms with Gasteiger partial charge < -0.3 is 19.4 Å². The first-order chi connectivity index (χ1) is 18.0. The molecule has 4 aromatic rings. The molecule has 0 amide bonds. The Balaban J connectivity index is 1.05. The number of anilines is 1. The van der Waals surface area contributed by atoms with Crippen molar-refractivity contribution < 1.29 is 13.9 Å². The van der Waals surface area contributed by atoms with E-state index in [4.69, 9.17) is 16.0 Å². The standard InChI is InChI=1S/C29H28ClFN4O2/c30-18-4-5-21-24(8-18)37-28(33-21)34-27-16-6-15-7-17(27)12-29(10-15,11-16)25(36)9-22-26-19(2-1-3-20(26)31)23-13-32-14-35(22)23/h1-5,8,13-17,22,25,27,36H,6-7,9-12H2,(H,33,34). The molecule has 6 nitrogen and oxygen atoms in total. The monoisotopic (exact) mass is 518 g/mol. The normalized spacial score (nSPS) is 32.0. The van der Waals surface area contributed by atoms with Gasteiger partial charge in [0.2, 0.25) is 0 Å². The summed E-state index contributed by atoms with van der Waals surface area (Å²) in [6.45, 7) is 0. The van der Waals surface area contributed by atoms with E-state index in [0.717, 1.165) is 36.0 Å². The van der Waals surface area contributed by atoms with Gasteiger partial charge in [0.1, 0.15) is 11.3 Å². The maximum absolute atomic E-state index is 15.0. The van der Waals surface area contributed by atoms with Crippen molar-refractivity contribution in [3.8, 4) is 11.3 Å². The van der Waals surface area contributed by atoms with Gasteiger partial charge in [0.25, 0.3) is 6.01 Å². The minimum Gasteiger partial charge on any atom is -0.423 e. The minimum absolute atomic E-state index is 0.127. The first-order valence-corrected chi connectivity index (χ1v) is 13.7. The number of aromatic nitrogens is 3. The summed E-state index contributed by atoms with van der Waals surface area (Å²) >= 11 is 6.12. The molecule has 4 bridgehead atoms. The Morgan fingerprint density at radius 1 is 1.19 bits per heavy atom.